The molecule has 1 N–H and O–H groups in total. The van der Waals surface area contributed by atoms with Crippen LogP contribution in [0.5, 0.6) is 0 Å². The van der Waals surface area contributed by atoms with E-state index in [0.29, 0.717) is 6.42 Å². The van der Waals surface area contributed by atoms with Gasteiger partial charge in [-0.2, -0.15) is 0 Å². The molecule has 114 valence electrons. The Morgan fingerprint density at radius 2 is 1.50 bits per heavy atom. The Kier molecular flexibility index (Phi) is 7.67. The molecule has 1 unspecified atom stereocenters. The third-order valence-electron chi connectivity index (χ3n) is 3.59. The molecule has 20 heavy (non-hydrogen) atoms. The molecule has 1 rings (SSSR count). The Hall–Kier alpha value is -1.03. The molecule has 0 aromatic heterocycles. The van der Waals surface area contributed by atoms with Crippen molar-refractivity contribution >= 4 is 0 Å². The molecule has 0 heterocycles. The molecule has 1 nitrogen and oxygen atoms in total. The van der Waals surface area contributed by atoms with E-state index in [4.69, 9.17) is 0 Å². The highest BCUT2D eigenvalue weighted by molar-refractivity contribution is 5.24. The topological polar surface area (TPSA) is 12.0 Å². The zero-order valence-corrected chi connectivity index (χ0v) is 12.3. The molecule has 0 amide bonds. The van der Waals surface area contributed by atoms with E-state index in [2.05, 4.69) is 12.2 Å². The first-order chi connectivity index (χ1) is 9.60. The van der Waals surface area contributed by atoms with Crippen LogP contribution in [0.4, 0.5) is 13.2 Å². The summed E-state index contributed by atoms with van der Waals surface area (Å²) < 4.78 is 40.3. The van der Waals surface area contributed by atoms with E-state index in [9.17, 15) is 13.2 Å². The van der Waals surface area contributed by atoms with Crippen molar-refractivity contribution in [2.45, 2.75) is 57.9 Å². The van der Waals surface area contributed by atoms with Crippen molar-refractivity contribution in [3.05, 3.63) is 35.1 Å². The largest absolute Gasteiger partial charge is 0.313 e. The molecule has 0 saturated heterocycles. The second kappa shape index (κ2) is 9.01. The van der Waals surface area contributed by atoms with Crippen LogP contribution >= 0.6 is 0 Å². The van der Waals surface area contributed by atoms with E-state index in [1.54, 1.807) is 7.05 Å². The van der Waals surface area contributed by atoms with Crippen LogP contribution in [-0.2, 0) is 0 Å². The van der Waals surface area contributed by atoms with Crippen LogP contribution in [0.1, 0.15) is 63.5 Å². The molecule has 4 heteroatoms. The Morgan fingerprint density at radius 1 is 0.950 bits per heavy atom. The Balaban J connectivity index is 2.54. The third kappa shape index (κ3) is 5.16. The summed E-state index contributed by atoms with van der Waals surface area (Å²) in [4.78, 5) is 0. The molecular weight excluding hydrogens is 263 g/mol. The van der Waals surface area contributed by atoms with E-state index in [1.807, 2.05) is 0 Å². The minimum absolute atomic E-state index is 0.0533. The second-order valence-corrected chi connectivity index (χ2v) is 5.18. The summed E-state index contributed by atoms with van der Waals surface area (Å²) >= 11 is 0. The lowest BCUT2D eigenvalue weighted by molar-refractivity contribution is 0.443. The van der Waals surface area contributed by atoms with E-state index >= 15 is 0 Å². The summed E-state index contributed by atoms with van der Waals surface area (Å²) in [6.45, 7) is 2.16. The first-order valence-corrected chi connectivity index (χ1v) is 7.41. The fourth-order valence-electron chi connectivity index (χ4n) is 2.45. The number of benzene rings is 1. The lowest BCUT2D eigenvalue weighted by Gasteiger charge is -2.18. The second-order valence-electron chi connectivity index (χ2n) is 5.18. The number of halogens is 3. The Labute approximate surface area is 119 Å². The lowest BCUT2D eigenvalue weighted by Crippen LogP contribution is -2.19. The molecule has 0 aliphatic heterocycles. The fourth-order valence-corrected chi connectivity index (χ4v) is 2.45. The summed E-state index contributed by atoms with van der Waals surface area (Å²) in [7, 11) is 1.67. The lowest BCUT2D eigenvalue weighted by atomic mass is 9.98. The van der Waals surface area contributed by atoms with Crippen LogP contribution < -0.4 is 5.32 Å². The fraction of sp³-hybridized carbons (Fsp3) is 0.625. The highest BCUT2D eigenvalue weighted by Gasteiger charge is 2.19. The van der Waals surface area contributed by atoms with Gasteiger partial charge in [0.2, 0.25) is 0 Å². The van der Waals surface area contributed by atoms with Crippen LogP contribution in [-0.4, -0.2) is 7.05 Å². The van der Waals surface area contributed by atoms with Gasteiger partial charge < -0.3 is 5.32 Å². The molecule has 0 saturated carbocycles. The van der Waals surface area contributed by atoms with E-state index in [1.165, 1.54) is 19.3 Å². The molecule has 1 aromatic rings. The van der Waals surface area contributed by atoms with Crippen molar-refractivity contribution in [2.24, 2.45) is 0 Å². The SMILES string of the molecule is CCCCCCCCC(NC)c1c(F)cc(F)cc1F. The van der Waals surface area contributed by atoms with Gasteiger partial charge in [-0.3, -0.25) is 0 Å². The van der Waals surface area contributed by atoms with Crippen molar-refractivity contribution in [2.75, 3.05) is 7.05 Å². The molecule has 0 aliphatic rings. The van der Waals surface area contributed by atoms with E-state index in [0.717, 1.165) is 31.4 Å². The molecule has 1 aromatic carbocycles. The molecule has 0 bridgehead atoms. The van der Waals surface area contributed by atoms with E-state index < -0.39 is 23.5 Å². The number of hydrogen-bond donors (Lipinski definition) is 1. The Morgan fingerprint density at radius 3 is 2.05 bits per heavy atom. The average molecular weight is 287 g/mol. The predicted octanol–water partition coefficient (Wildman–Crippen LogP) is 5.12. The van der Waals surface area contributed by atoms with E-state index in [-0.39, 0.29) is 5.56 Å². The summed E-state index contributed by atoms with van der Waals surface area (Å²) in [5.41, 5.74) is -0.0533. The average Bonchev–Trinajstić information content (AvgIpc) is 2.39. The van der Waals surface area contributed by atoms with Gasteiger partial charge in [-0.05, 0) is 13.5 Å². The van der Waals surface area contributed by atoms with Crippen LogP contribution in [0, 0.1) is 17.5 Å². The summed E-state index contributed by atoms with van der Waals surface area (Å²) in [5.74, 6) is -2.50. The minimum Gasteiger partial charge on any atom is -0.313 e. The molecule has 0 radical (unpaired) electrons. The normalized spacial score (nSPS) is 12.7. The predicted molar refractivity (Wildman–Crippen MR) is 76.1 cm³/mol. The zero-order chi connectivity index (χ0) is 15.0. The van der Waals surface area contributed by atoms with Crippen molar-refractivity contribution in [3.8, 4) is 0 Å². The third-order valence-corrected chi connectivity index (χ3v) is 3.59. The number of rotatable bonds is 9. The monoisotopic (exact) mass is 287 g/mol. The first-order valence-electron chi connectivity index (χ1n) is 7.41. The number of unbranched alkanes of at least 4 members (excludes halogenated alkanes) is 5. The van der Waals surface area contributed by atoms with Crippen LogP contribution in [0.25, 0.3) is 0 Å². The first kappa shape index (κ1) is 17.0. The molecular formula is C16H24F3N. The molecule has 0 fully saturated rings. The van der Waals surface area contributed by atoms with Gasteiger partial charge in [0, 0.05) is 23.7 Å². The zero-order valence-electron chi connectivity index (χ0n) is 12.3. The van der Waals surface area contributed by atoms with Gasteiger partial charge >= 0.3 is 0 Å². The smallest absolute Gasteiger partial charge is 0.133 e. The maximum atomic E-state index is 13.7. The van der Waals surface area contributed by atoms with Crippen LogP contribution in [0.3, 0.4) is 0 Å². The van der Waals surface area contributed by atoms with Gasteiger partial charge in [-0.15, -0.1) is 0 Å². The quantitative estimate of drug-likeness (QED) is 0.622. The van der Waals surface area contributed by atoms with Crippen molar-refractivity contribution in [1.82, 2.24) is 5.32 Å². The van der Waals surface area contributed by atoms with Gasteiger partial charge in [0.1, 0.15) is 17.5 Å². The molecule has 0 spiro atoms. The standard InChI is InChI=1S/C16H24F3N/c1-3-4-5-6-7-8-9-15(20-2)16-13(18)10-12(17)11-14(16)19/h10-11,15,20H,3-9H2,1-2H3. The molecule has 1 atom stereocenters. The highest BCUT2D eigenvalue weighted by Crippen LogP contribution is 2.26. The van der Waals surface area contributed by atoms with Crippen LogP contribution in [0.15, 0.2) is 12.1 Å². The maximum absolute atomic E-state index is 13.7. The number of hydrogen-bond acceptors (Lipinski definition) is 1. The Bertz CT molecular complexity index is 384. The summed E-state index contributed by atoms with van der Waals surface area (Å²) in [5, 5.41) is 2.92. The van der Waals surface area contributed by atoms with Gasteiger partial charge in [-0.25, -0.2) is 13.2 Å². The van der Waals surface area contributed by atoms with Gasteiger partial charge in [0.05, 0.1) is 0 Å². The maximum Gasteiger partial charge on any atom is 0.133 e. The van der Waals surface area contributed by atoms with Crippen molar-refractivity contribution < 1.29 is 13.2 Å². The van der Waals surface area contributed by atoms with Gasteiger partial charge in [0.25, 0.3) is 0 Å². The van der Waals surface area contributed by atoms with Crippen molar-refractivity contribution in [3.63, 3.8) is 0 Å². The summed E-state index contributed by atoms with van der Waals surface area (Å²) in [6.07, 6.45) is 7.41. The van der Waals surface area contributed by atoms with Crippen molar-refractivity contribution in [1.29, 1.82) is 0 Å². The minimum atomic E-state index is -0.877. The highest BCUT2D eigenvalue weighted by atomic mass is 19.1. The van der Waals surface area contributed by atoms with Gasteiger partial charge in [-0.1, -0.05) is 45.4 Å². The van der Waals surface area contributed by atoms with Crippen LogP contribution in [0.2, 0.25) is 0 Å². The van der Waals surface area contributed by atoms with Gasteiger partial charge in [0.15, 0.2) is 0 Å². The summed E-state index contributed by atoms with van der Waals surface area (Å²) in [6, 6.07) is 1.08. The molecule has 0 aliphatic carbocycles. The number of nitrogens with one attached hydrogen (secondary N) is 1.